The van der Waals surface area contributed by atoms with Crippen LogP contribution in [-0.2, 0) is 11.0 Å². The molecule has 2 aromatic rings. The molecule has 2 aromatic carbocycles. The molecule has 0 aromatic heterocycles. The van der Waals surface area contributed by atoms with E-state index in [1.165, 1.54) is 12.1 Å². The van der Waals surface area contributed by atoms with Gasteiger partial charge >= 0.3 is 12.1 Å². The number of carboxylic acids is 1. The number of hydrogen-bond acceptors (Lipinski definition) is 3. The molecule has 0 heterocycles. The molecule has 3 rings (SSSR count). The number of nitrogens with zero attached hydrogens (tertiary/aromatic N) is 1. The van der Waals surface area contributed by atoms with E-state index in [1.54, 1.807) is 25.2 Å². The van der Waals surface area contributed by atoms with Crippen molar-refractivity contribution in [1.82, 2.24) is 0 Å². The molecule has 0 amide bonds. The molecule has 1 aliphatic rings. The lowest BCUT2D eigenvalue weighted by Crippen LogP contribution is -2.31. The van der Waals surface area contributed by atoms with Crippen LogP contribution in [0.15, 0.2) is 30.3 Å². The SMILES string of the molecule is CN(CCCC(=O)O)c1ccc2c(C(F)(F)F)c(O[C@H]3CC[C@H](C(C)(C)C)CC3)ccc2c1. The minimum Gasteiger partial charge on any atom is -0.490 e. The number of anilines is 1. The first-order valence-corrected chi connectivity index (χ1v) is 11.6. The zero-order valence-electron chi connectivity index (χ0n) is 19.8. The minimum absolute atomic E-state index is 0.0501. The van der Waals surface area contributed by atoms with Gasteiger partial charge in [0.15, 0.2) is 0 Å². The van der Waals surface area contributed by atoms with Crippen LogP contribution in [0.2, 0.25) is 0 Å². The second-order valence-electron chi connectivity index (χ2n) is 10.2. The van der Waals surface area contributed by atoms with Crippen LogP contribution in [-0.4, -0.2) is 30.8 Å². The van der Waals surface area contributed by atoms with E-state index in [9.17, 15) is 18.0 Å². The van der Waals surface area contributed by atoms with Gasteiger partial charge in [0.25, 0.3) is 0 Å². The van der Waals surface area contributed by atoms with Crippen LogP contribution in [0.5, 0.6) is 5.75 Å². The number of halogens is 3. The minimum atomic E-state index is -4.54. The maximum atomic E-state index is 14.1. The fourth-order valence-corrected chi connectivity index (χ4v) is 4.75. The van der Waals surface area contributed by atoms with Gasteiger partial charge in [-0.25, -0.2) is 0 Å². The molecular formula is C26H34F3NO3. The van der Waals surface area contributed by atoms with E-state index in [1.807, 2.05) is 4.90 Å². The summed E-state index contributed by atoms with van der Waals surface area (Å²) in [6.45, 7) is 7.13. The van der Waals surface area contributed by atoms with Crippen molar-refractivity contribution >= 4 is 22.4 Å². The lowest BCUT2D eigenvalue weighted by molar-refractivity contribution is -0.138. The highest BCUT2D eigenvalue weighted by atomic mass is 19.4. The molecule has 0 spiro atoms. The second kappa shape index (κ2) is 9.82. The third-order valence-electron chi connectivity index (χ3n) is 6.77. The predicted molar refractivity (Wildman–Crippen MR) is 125 cm³/mol. The summed E-state index contributed by atoms with van der Waals surface area (Å²) in [5.41, 5.74) is 0.219. The van der Waals surface area contributed by atoms with E-state index < -0.39 is 17.7 Å². The Morgan fingerprint density at radius 3 is 2.33 bits per heavy atom. The van der Waals surface area contributed by atoms with E-state index in [-0.39, 0.29) is 29.1 Å². The smallest absolute Gasteiger partial charge is 0.420 e. The van der Waals surface area contributed by atoms with Crippen LogP contribution in [0.3, 0.4) is 0 Å². The number of ether oxygens (including phenoxy) is 1. The van der Waals surface area contributed by atoms with Crippen molar-refractivity contribution in [2.45, 2.75) is 71.6 Å². The topological polar surface area (TPSA) is 49.8 Å². The van der Waals surface area contributed by atoms with Gasteiger partial charge in [-0.3, -0.25) is 4.79 Å². The zero-order chi connectivity index (χ0) is 24.4. The van der Waals surface area contributed by atoms with Crippen molar-refractivity contribution in [3.63, 3.8) is 0 Å². The number of aliphatic carboxylic acids is 1. The second-order valence-corrected chi connectivity index (χ2v) is 10.2. The van der Waals surface area contributed by atoms with Gasteiger partial charge in [0.05, 0.1) is 6.10 Å². The Bertz CT molecular complexity index is 973. The fourth-order valence-electron chi connectivity index (χ4n) is 4.75. The average Bonchev–Trinajstić information content (AvgIpc) is 2.71. The summed E-state index contributed by atoms with van der Waals surface area (Å²) in [6.07, 6.45) is -0.791. The van der Waals surface area contributed by atoms with Crippen molar-refractivity contribution in [2.75, 3.05) is 18.5 Å². The van der Waals surface area contributed by atoms with Crippen LogP contribution in [0.25, 0.3) is 10.8 Å². The van der Waals surface area contributed by atoms with Crippen molar-refractivity contribution < 1.29 is 27.8 Å². The number of fused-ring (bicyclic) bond motifs is 1. The molecule has 0 radical (unpaired) electrons. The van der Waals surface area contributed by atoms with Gasteiger partial charge in [0.1, 0.15) is 11.3 Å². The third-order valence-corrected chi connectivity index (χ3v) is 6.77. The predicted octanol–water partition coefficient (Wildman–Crippen LogP) is 7.14. The Morgan fingerprint density at radius 1 is 1.09 bits per heavy atom. The van der Waals surface area contributed by atoms with Crippen LogP contribution < -0.4 is 9.64 Å². The van der Waals surface area contributed by atoms with Gasteiger partial charge in [-0.05, 0) is 72.4 Å². The summed E-state index contributed by atoms with van der Waals surface area (Å²) < 4.78 is 48.3. The lowest BCUT2D eigenvalue weighted by atomic mass is 9.72. The van der Waals surface area contributed by atoms with Gasteiger partial charge in [-0.15, -0.1) is 0 Å². The van der Waals surface area contributed by atoms with Crippen LogP contribution in [0, 0.1) is 11.3 Å². The lowest BCUT2D eigenvalue weighted by Gasteiger charge is -2.37. The number of hydrogen-bond donors (Lipinski definition) is 1. The summed E-state index contributed by atoms with van der Waals surface area (Å²) in [4.78, 5) is 12.6. The first-order chi connectivity index (χ1) is 15.4. The number of carbonyl (C=O) groups is 1. The van der Waals surface area contributed by atoms with Gasteiger partial charge < -0.3 is 14.7 Å². The van der Waals surface area contributed by atoms with E-state index >= 15 is 0 Å². The number of rotatable bonds is 7. The summed E-state index contributed by atoms with van der Waals surface area (Å²) in [5, 5.41) is 9.40. The van der Waals surface area contributed by atoms with E-state index in [0.29, 0.717) is 24.3 Å². The fraction of sp³-hybridized carbons (Fsp3) is 0.577. The summed E-state index contributed by atoms with van der Waals surface area (Å²) in [5.74, 6) is -0.408. The number of carboxylic acid groups (broad SMARTS) is 1. The van der Waals surface area contributed by atoms with E-state index in [0.717, 1.165) is 31.4 Å². The molecule has 0 bridgehead atoms. The standard InChI is InChI=1S/C26H34F3NO3/c1-25(2,3)18-8-11-20(12-9-18)33-22-14-7-17-16-19(30(4)15-5-6-23(31)32)10-13-21(17)24(22)26(27,28)29/h7,10,13-14,16,18,20H,5-6,8-9,11-12,15H2,1-4H3,(H,31,32)/t18-,20-. The highest BCUT2D eigenvalue weighted by molar-refractivity contribution is 5.91. The Hall–Kier alpha value is -2.44. The molecule has 7 heteroatoms. The van der Waals surface area contributed by atoms with Gasteiger partial charge in [0, 0.05) is 25.7 Å². The molecule has 33 heavy (non-hydrogen) atoms. The van der Waals surface area contributed by atoms with Crippen LogP contribution in [0.1, 0.15) is 64.9 Å². The Kier molecular flexibility index (Phi) is 7.49. The normalized spacial score (nSPS) is 19.5. The summed E-state index contributed by atoms with van der Waals surface area (Å²) in [7, 11) is 1.80. The maximum Gasteiger partial charge on any atom is 0.420 e. The molecule has 1 aliphatic carbocycles. The van der Waals surface area contributed by atoms with Gasteiger partial charge in [-0.2, -0.15) is 13.2 Å². The highest BCUT2D eigenvalue weighted by Crippen LogP contribution is 2.44. The van der Waals surface area contributed by atoms with E-state index in [4.69, 9.17) is 9.84 Å². The monoisotopic (exact) mass is 465 g/mol. The maximum absolute atomic E-state index is 14.1. The van der Waals surface area contributed by atoms with Crippen molar-refractivity contribution in [1.29, 1.82) is 0 Å². The molecule has 182 valence electrons. The Labute approximate surface area is 193 Å². The molecule has 1 fully saturated rings. The molecule has 4 nitrogen and oxygen atoms in total. The first-order valence-electron chi connectivity index (χ1n) is 11.6. The Balaban J connectivity index is 1.82. The number of alkyl halides is 3. The quantitative estimate of drug-likeness (QED) is 0.472. The molecule has 0 atom stereocenters. The molecule has 1 N–H and O–H groups in total. The molecule has 0 unspecified atom stereocenters. The van der Waals surface area contributed by atoms with Crippen molar-refractivity contribution in [2.24, 2.45) is 11.3 Å². The van der Waals surface area contributed by atoms with Crippen molar-refractivity contribution in [3.05, 3.63) is 35.9 Å². The zero-order valence-corrected chi connectivity index (χ0v) is 19.8. The van der Waals surface area contributed by atoms with Crippen LogP contribution >= 0.6 is 0 Å². The van der Waals surface area contributed by atoms with Gasteiger partial charge in [0.2, 0.25) is 0 Å². The Morgan fingerprint density at radius 2 is 1.76 bits per heavy atom. The molecule has 1 saturated carbocycles. The van der Waals surface area contributed by atoms with Crippen LogP contribution in [0.4, 0.5) is 18.9 Å². The summed E-state index contributed by atoms with van der Waals surface area (Å²) >= 11 is 0. The number of benzene rings is 2. The van der Waals surface area contributed by atoms with E-state index in [2.05, 4.69) is 20.8 Å². The summed E-state index contributed by atoms with van der Waals surface area (Å²) in [6, 6.07) is 7.97. The first kappa shape index (κ1) is 25.2. The largest absolute Gasteiger partial charge is 0.490 e. The molecule has 0 saturated heterocycles. The third kappa shape index (κ3) is 6.33. The highest BCUT2D eigenvalue weighted by Gasteiger charge is 2.38. The van der Waals surface area contributed by atoms with Crippen molar-refractivity contribution in [3.8, 4) is 5.75 Å². The molecule has 0 aliphatic heterocycles. The average molecular weight is 466 g/mol. The molecular weight excluding hydrogens is 431 g/mol. The van der Waals surface area contributed by atoms with Gasteiger partial charge in [-0.1, -0.05) is 32.9 Å².